The molecule has 1 fully saturated rings. The number of aryl methyl sites for hydroxylation is 1. The average Bonchev–Trinajstić information content (AvgIpc) is 3.43. The summed E-state index contributed by atoms with van der Waals surface area (Å²) in [6, 6.07) is 0. The van der Waals surface area contributed by atoms with Crippen LogP contribution in [0.15, 0.2) is 24.8 Å². The topological polar surface area (TPSA) is 91.6 Å². The van der Waals surface area contributed by atoms with Gasteiger partial charge in [0.2, 0.25) is 0 Å². The Morgan fingerprint density at radius 3 is 2.96 bits per heavy atom. The van der Waals surface area contributed by atoms with E-state index in [2.05, 4.69) is 40.4 Å². The Balaban J connectivity index is 1.39. The molecule has 0 unspecified atom stereocenters. The van der Waals surface area contributed by atoms with Gasteiger partial charge >= 0.3 is 0 Å². The standard InChI is InChI=1S/C18H22N8OS/c1-12-10-26-14(13-6-21-22-7-13)8-20-18(26)17(23-12)24-15-9-19-16(28-15)11-25-2-4-27-5-3-25/h6,8-10,21-22H,2-5,7,11H2,1H3,(H,23,24). The van der Waals surface area contributed by atoms with Crippen LogP contribution in [-0.2, 0) is 11.3 Å². The van der Waals surface area contributed by atoms with Gasteiger partial charge in [-0.3, -0.25) is 9.30 Å². The molecule has 2 aliphatic rings. The highest BCUT2D eigenvalue weighted by molar-refractivity contribution is 7.15. The smallest absolute Gasteiger partial charge is 0.180 e. The summed E-state index contributed by atoms with van der Waals surface area (Å²) in [4.78, 5) is 16.2. The maximum atomic E-state index is 5.41. The summed E-state index contributed by atoms with van der Waals surface area (Å²) in [5.41, 5.74) is 10.1. The third-order valence-electron chi connectivity index (χ3n) is 4.83. The number of ether oxygens (including phenoxy) is 1. The second-order valence-electron chi connectivity index (χ2n) is 6.87. The molecule has 0 radical (unpaired) electrons. The van der Waals surface area contributed by atoms with E-state index < -0.39 is 0 Å². The van der Waals surface area contributed by atoms with E-state index in [0.717, 1.165) is 77.8 Å². The second-order valence-corrected chi connectivity index (χ2v) is 7.98. The SMILES string of the molecule is Cc1cn2c(C3=CNNC3)cnc2c(Nc2cnc(CN3CCOCC3)s2)n1. The number of hydrogen-bond donors (Lipinski definition) is 3. The van der Waals surface area contributed by atoms with Crippen LogP contribution >= 0.6 is 11.3 Å². The van der Waals surface area contributed by atoms with Crippen molar-refractivity contribution in [3.05, 3.63) is 41.2 Å². The van der Waals surface area contributed by atoms with Crippen LogP contribution < -0.4 is 16.2 Å². The number of hydrogen-bond acceptors (Lipinski definition) is 9. The highest BCUT2D eigenvalue weighted by Crippen LogP contribution is 2.27. The minimum Gasteiger partial charge on any atom is -0.379 e. The van der Waals surface area contributed by atoms with Gasteiger partial charge in [-0.2, -0.15) is 0 Å². The van der Waals surface area contributed by atoms with Crippen LogP contribution in [0.2, 0.25) is 0 Å². The fourth-order valence-electron chi connectivity index (χ4n) is 3.44. The Bertz CT molecular complexity index is 1020. The number of aromatic nitrogens is 4. The summed E-state index contributed by atoms with van der Waals surface area (Å²) in [7, 11) is 0. The Morgan fingerprint density at radius 1 is 1.25 bits per heavy atom. The Labute approximate surface area is 166 Å². The molecule has 1 saturated heterocycles. The Kier molecular flexibility index (Phi) is 4.69. The van der Waals surface area contributed by atoms with E-state index >= 15 is 0 Å². The molecule has 0 spiro atoms. The first-order valence-electron chi connectivity index (χ1n) is 9.30. The summed E-state index contributed by atoms with van der Waals surface area (Å²) < 4.78 is 7.50. The van der Waals surface area contributed by atoms with E-state index in [-0.39, 0.29) is 0 Å². The lowest BCUT2D eigenvalue weighted by Crippen LogP contribution is -2.35. The van der Waals surface area contributed by atoms with E-state index in [1.54, 1.807) is 11.3 Å². The first-order valence-corrected chi connectivity index (χ1v) is 10.1. The first-order chi connectivity index (χ1) is 13.8. The molecule has 3 aromatic heterocycles. The van der Waals surface area contributed by atoms with Crippen LogP contribution in [0.4, 0.5) is 10.8 Å². The van der Waals surface area contributed by atoms with E-state index in [0.29, 0.717) is 0 Å². The number of anilines is 2. The third-order valence-corrected chi connectivity index (χ3v) is 5.72. The van der Waals surface area contributed by atoms with E-state index in [1.807, 2.05) is 31.7 Å². The summed E-state index contributed by atoms with van der Waals surface area (Å²) in [6.07, 6.45) is 7.74. The minimum atomic E-state index is 0.743. The van der Waals surface area contributed by atoms with Gasteiger partial charge in [0.1, 0.15) is 10.0 Å². The molecule has 3 N–H and O–H groups in total. The monoisotopic (exact) mass is 398 g/mol. The van der Waals surface area contributed by atoms with Gasteiger partial charge in [-0.25, -0.2) is 20.4 Å². The number of nitrogens with one attached hydrogen (secondary N) is 3. The lowest BCUT2D eigenvalue weighted by atomic mass is 10.2. The van der Waals surface area contributed by atoms with E-state index in [1.165, 1.54) is 0 Å². The molecule has 0 saturated carbocycles. The zero-order valence-electron chi connectivity index (χ0n) is 15.6. The molecule has 0 aliphatic carbocycles. The zero-order valence-corrected chi connectivity index (χ0v) is 16.4. The summed E-state index contributed by atoms with van der Waals surface area (Å²) in [6.45, 7) is 7.12. The van der Waals surface area contributed by atoms with E-state index in [4.69, 9.17) is 4.74 Å². The summed E-state index contributed by atoms with van der Waals surface area (Å²) in [5.74, 6) is 0.743. The number of hydrazine groups is 1. The fourth-order valence-corrected chi connectivity index (χ4v) is 4.30. The van der Waals surface area contributed by atoms with Gasteiger partial charge in [0.15, 0.2) is 11.5 Å². The van der Waals surface area contributed by atoms with Crippen LogP contribution in [0.5, 0.6) is 0 Å². The molecule has 2 aliphatic heterocycles. The van der Waals surface area contributed by atoms with Crippen molar-refractivity contribution in [2.75, 3.05) is 38.2 Å². The molecule has 3 aromatic rings. The highest BCUT2D eigenvalue weighted by Gasteiger charge is 2.17. The molecule has 28 heavy (non-hydrogen) atoms. The number of imidazole rings is 1. The molecule has 10 heteroatoms. The van der Waals surface area contributed by atoms with Gasteiger partial charge in [-0.05, 0) is 6.92 Å². The van der Waals surface area contributed by atoms with Gasteiger partial charge in [0.05, 0.1) is 43.5 Å². The molecule has 9 nitrogen and oxygen atoms in total. The van der Waals surface area contributed by atoms with Crippen LogP contribution in [-0.4, -0.2) is 57.1 Å². The van der Waals surface area contributed by atoms with Crippen molar-refractivity contribution in [3.8, 4) is 0 Å². The van der Waals surface area contributed by atoms with Crippen molar-refractivity contribution in [1.29, 1.82) is 0 Å². The largest absolute Gasteiger partial charge is 0.379 e. The van der Waals surface area contributed by atoms with E-state index in [9.17, 15) is 0 Å². The van der Waals surface area contributed by atoms with Crippen molar-refractivity contribution in [3.63, 3.8) is 0 Å². The number of rotatable bonds is 5. The van der Waals surface area contributed by atoms with Crippen LogP contribution in [0.3, 0.4) is 0 Å². The number of morpholine rings is 1. The number of fused-ring (bicyclic) bond motifs is 1. The molecule has 0 atom stereocenters. The molecular weight excluding hydrogens is 376 g/mol. The van der Waals surface area contributed by atoms with Crippen molar-refractivity contribution in [1.82, 2.24) is 35.1 Å². The molecule has 0 amide bonds. The molecule has 5 rings (SSSR count). The molecular formula is C18H22N8OS. The normalized spacial score (nSPS) is 17.7. The number of nitrogens with zero attached hydrogens (tertiary/aromatic N) is 5. The highest BCUT2D eigenvalue weighted by atomic mass is 32.1. The molecule has 146 valence electrons. The summed E-state index contributed by atoms with van der Waals surface area (Å²) in [5, 5.41) is 5.47. The fraction of sp³-hybridized carbons (Fsp3) is 0.389. The van der Waals surface area contributed by atoms with Gasteiger partial charge in [-0.1, -0.05) is 11.3 Å². The van der Waals surface area contributed by atoms with Crippen molar-refractivity contribution < 1.29 is 4.74 Å². The predicted molar refractivity (Wildman–Crippen MR) is 108 cm³/mol. The minimum absolute atomic E-state index is 0.743. The van der Waals surface area contributed by atoms with Gasteiger partial charge in [0, 0.05) is 37.6 Å². The van der Waals surface area contributed by atoms with Gasteiger partial charge in [-0.15, -0.1) is 0 Å². The molecule has 0 bridgehead atoms. The van der Waals surface area contributed by atoms with Crippen molar-refractivity contribution in [2.45, 2.75) is 13.5 Å². The maximum Gasteiger partial charge on any atom is 0.180 e. The predicted octanol–water partition coefficient (Wildman–Crippen LogP) is 1.52. The van der Waals surface area contributed by atoms with Crippen molar-refractivity contribution in [2.24, 2.45) is 0 Å². The third kappa shape index (κ3) is 3.47. The first kappa shape index (κ1) is 17.6. The van der Waals surface area contributed by atoms with Crippen molar-refractivity contribution >= 4 is 33.4 Å². The lowest BCUT2D eigenvalue weighted by Gasteiger charge is -2.25. The summed E-state index contributed by atoms with van der Waals surface area (Å²) >= 11 is 1.65. The van der Waals surface area contributed by atoms with Crippen LogP contribution in [0.25, 0.3) is 11.2 Å². The second kappa shape index (κ2) is 7.47. The Morgan fingerprint density at radius 2 is 2.14 bits per heavy atom. The zero-order chi connectivity index (χ0) is 18.9. The van der Waals surface area contributed by atoms with Crippen LogP contribution in [0.1, 0.15) is 16.4 Å². The molecule has 0 aromatic carbocycles. The van der Waals surface area contributed by atoms with Crippen LogP contribution in [0, 0.1) is 6.92 Å². The Hall–Kier alpha value is -2.53. The maximum absolute atomic E-state index is 5.41. The number of thiazole rings is 1. The molecule has 5 heterocycles. The van der Waals surface area contributed by atoms with Gasteiger partial charge < -0.3 is 15.5 Å². The quantitative estimate of drug-likeness (QED) is 0.596. The average molecular weight is 398 g/mol. The lowest BCUT2D eigenvalue weighted by molar-refractivity contribution is 0.0341. The van der Waals surface area contributed by atoms with Gasteiger partial charge in [0.25, 0.3) is 0 Å².